The number of carbonyl (C=O) groups excluding carboxylic acids is 3. The minimum atomic E-state index is -1.27. The van der Waals surface area contributed by atoms with Crippen LogP contribution >= 0.6 is 11.3 Å². The highest BCUT2D eigenvalue weighted by Gasteiger charge is 2.50. The number of aromatic nitrogens is 1. The molecule has 6 nitrogen and oxygen atoms in total. The lowest BCUT2D eigenvalue weighted by Crippen LogP contribution is -2.63. The van der Waals surface area contributed by atoms with Crippen LogP contribution in [0.4, 0.5) is 4.79 Å². The zero-order chi connectivity index (χ0) is 16.3. The van der Waals surface area contributed by atoms with Crippen molar-refractivity contribution in [1.29, 1.82) is 0 Å². The first-order valence-corrected chi connectivity index (χ1v) is 8.12. The predicted molar refractivity (Wildman–Crippen MR) is 83.5 cm³/mol. The molecule has 0 aliphatic carbocycles. The number of rotatable bonds is 5. The van der Waals surface area contributed by atoms with E-state index in [0.29, 0.717) is 12.8 Å². The molecule has 1 saturated heterocycles. The normalized spacial score (nSPS) is 16.8. The van der Waals surface area contributed by atoms with Gasteiger partial charge in [0.2, 0.25) is 11.8 Å². The van der Waals surface area contributed by atoms with Crippen LogP contribution in [0, 0.1) is 5.41 Å². The minimum Gasteiger partial charge on any atom is -0.277 e. The van der Waals surface area contributed by atoms with Crippen molar-refractivity contribution in [2.75, 3.05) is 0 Å². The fraction of sp³-hybridized carbons (Fsp3) is 0.250. The molecule has 0 aromatic carbocycles. The lowest BCUT2D eigenvalue weighted by atomic mass is 9.76. The minimum absolute atomic E-state index is 0.286. The molecule has 0 saturated carbocycles. The van der Waals surface area contributed by atoms with E-state index in [1.54, 1.807) is 12.4 Å². The van der Waals surface area contributed by atoms with Gasteiger partial charge in [-0.15, -0.1) is 11.3 Å². The van der Waals surface area contributed by atoms with E-state index >= 15 is 0 Å². The second kappa shape index (κ2) is 6.29. The Morgan fingerprint density at radius 1 is 1.04 bits per heavy atom. The summed E-state index contributed by atoms with van der Waals surface area (Å²) in [6, 6.07) is 6.83. The van der Waals surface area contributed by atoms with Crippen molar-refractivity contribution >= 4 is 29.2 Å². The van der Waals surface area contributed by atoms with Crippen molar-refractivity contribution in [2.24, 2.45) is 5.41 Å². The van der Waals surface area contributed by atoms with Gasteiger partial charge in [-0.1, -0.05) is 6.07 Å². The second-order valence-electron chi connectivity index (χ2n) is 5.48. The van der Waals surface area contributed by atoms with Gasteiger partial charge in [0.1, 0.15) is 5.41 Å². The quantitative estimate of drug-likeness (QED) is 0.804. The van der Waals surface area contributed by atoms with Crippen molar-refractivity contribution < 1.29 is 19.4 Å². The van der Waals surface area contributed by atoms with Gasteiger partial charge in [-0.3, -0.25) is 20.2 Å². The predicted octanol–water partition coefficient (Wildman–Crippen LogP) is 1.09. The van der Waals surface area contributed by atoms with Crippen LogP contribution in [0.15, 0.2) is 42.0 Å². The van der Waals surface area contributed by atoms with E-state index in [2.05, 4.69) is 15.6 Å². The van der Waals surface area contributed by atoms with Crippen molar-refractivity contribution in [3.05, 3.63) is 52.5 Å². The van der Waals surface area contributed by atoms with E-state index in [4.69, 9.17) is 0 Å². The Morgan fingerprint density at radius 3 is 2.35 bits per heavy atom. The van der Waals surface area contributed by atoms with Crippen molar-refractivity contribution in [3.63, 3.8) is 0 Å². The standard InChI is InChI=1S/C16H15N3O3S/c20-13-16(10-12-2-1-9-23-12,14(21)19-15(22)18-13)6-3-11-4-7-17-8-5-11/h1-2,4-5,7-9H,3,6,10H2,(H2,18,19,20,21,22)/p+1. The summed E-state index contributed by atoms with van der Waals surface area (Å²) in [7, 11) is 0. The molecular formula is C16H16N3O3S+. The Bertz CT molecular complexity index is 708. The molecule has 7 heteroatoms. The van der Waals surface area contributed by atoms with Crippen LogP contribution in [0.2, 0.25) is 0 Å². The third kappa shape index (κ3) is 3.14. The molecule has 3 N–H and O–H groups in total. The number of thiophene rings is 1. The van der Waals surface area contributed by atoms with Gasteiger partial charge in [-0.25, -0.2) is 9.78 Å². The highest BCUT2D eigenvalue weighted by atomic mass is 32.1. The first-order valence-electron chi connectivity index (χ1n) is 7.24. The molecule has 2 aromatic rings. The van der Waals surface area contributed by atoms with Crippen molar-refractivity contribution in [2.45, 2.75) is 19.3 Å². The van der Waals surface area contributed by atoms with Crippen LogP contribution in [-0.2, 0) is 22.4 Å². The largest absolute Gasteiger partial charge is 0.328 e. The number of aryl methyl sites for hydroxylation is 1. The molecule has 0 unspecified atom stereocenters. The van der Waals surface area contributed by atoms with E-state index in [9.17, 15) is 14.4 Å². The van der Waals surface area contributed by atoms with Gasteiger partial charge in [0.15, 0.2) is 12.4 Å². The topological polar surface area (TPSA) is 89.4 Å². The highest BCUT2D eigenvalue weighted by Crippen LogP contribution is 2.33. The zero-order valence-corrected chi connectivity index (χ0v) is 13.1. The summed E-state index contributed by atoms with van der Waals surface area (Å²) >= 11 is 1.49. The number of carbonyl (C=O) groups is 3. The van der Waals surface area contributed by atoms with Crippen LogP contribution < -0.4 is 15.6 Å². The van der Waals surface area contributed by atoms with Gasteiger partial charge in [0.25, 0.3) is 0 Å². The fourth-order valence-electron chi connectivity index (χ4n) is 2.71. The maximum atomic E-state index is 12.5. The molecule has 0 bridgehead atoms. The van der Waals surface area contributed by atoms with E-state index in [0.717, 1.165) is 10.4 Å². The van der Waals surface area contributed by atoms with Gasteiger partial charge in [-0.05, 0) is 29.9 Å². The third-order valence-electron chi connectivity index (χ3n) is 4.01. The summed E-state index contributed by atoms with van der Waals surface area (Å²) in [5.41, 5.74) is -0.245. The SMILES string of the molecule is O=C1NC(=O)C(CCc2cc[nH+]cc2)(Cc2cccs2)C(=O)N1. The molecular weight excluding hydrogens is 314 g/mol. The number of pyridine rings is 1. The molecule has 2 aromatic heterocycles. The number of urea groups is 1. The van der Waals surface area contributed by atoms with Crippen LogP contribution in [0.25, 0.3) is 0 Å². The first-order chi connectivity index (χ1) is 11.1. The maximum Gasteiger partial charge on any atom is 0.328 e. The summed E-state index contributed by atoms with van der Waals surface area (Å²) in [5.74, 6) is -1.05. The summed E-state index contributed by atoms with van der Waals surface area (Å²) in [6.07, 6.45) is 4.78. The Balaban J connectivity index is 1.88. The average molecular weight is 330 g/mol. The Kier molecular flexibility index (Phi) is 4.20. The molecule has 1 fully saturated rings. The van der Waals surface area contributed by atoms with E-state index < -0.39 is 23.3 Å². The second-order valence-corrected chi connectivity index (χ2v) is 6.52. The molecule has 118 valence electrons. The fourth-order valence-corrected chi connectivity index (χ4v) is 3.53. The average Bonchev–Trinajstić information content (AvgIpc) is 3.03. The number of nitrogens with one attached hydrogen (secondary N) is 3. The Labute approximate surface area is 136 Å². The Hall–Kier alpha value is -2.54. The van der Waals surface area contributed by atoms with Crippen molar-refractivity contribution in [1.82, 2.24) is 10.6 Å². The molecule has 3 heterocycles. The number of hydrogen-bond donors (Lipinski definition) is 2. The maximum absolute atomic E-state index is 12.5. The van der Waals surface area contributed by atoms with Gasteiger partial charge in [0, 0.05) is 23.4 Å². The molecule has 1 aliphatic heterocycles. The molecule has 0 spiro atoms. The van der Waals surface area contributed by atoms with Crippen LogP contribution in [0.3, 0.4) is 0 Å². The van der Waals surface area contributed by atoms with Crippen LogP contribution in [0.5, 0.6) is 0 Å². The van der Waals surface area contributed by atoms with Gasteiger partial charge < -0.3 is 0 Å². The molecule has 4 amide bonds. The van der Waals surface area contributed by atoms with E-state index in [1.807, 2.05) is 29.6 Å². The molecule has 0 radical (unpaired) electrons. The Morgan fingerprint density at radius 2 is 1.74 bits per heavy atom. The zero-order valence-electron chi connectivity index (χ0n) is 12.3. The van der Waals surface area contributed by atoms with E-state index in [1.165, 1.54) is 11.3 Å². The van der Waals surface area contributed by atoms with Gasteiger partial charge in [0.05, 0.1) is 0 Å². The number of imide groups is 2. The third-order valence-corrected chi connectivity index (χ3v) is 4.88. The number of barbiturate groups is 1. The molecule has 23 heavy (non-hydrogen) atoms. The summed E-state index contributed by atoms with van der Waals surface area (Å²) in [5, 5.41) is 6.38. The lowest BCUT2D eigenvalue weighted by molar-refractivity contribution is -0.378. The van der Waals surface area contributed by atoms with Crippen molar-refractivity contribution in [3.8, 4) is 0 Å². The smallest absolute Gasteiger partial charge is 0.277 e. The highest BCUT2D eigenvalue weighted by molar-refractivity contribution is 7.09. The summed E-state index contributed by atoms with van der Waals surface area (Å²) in [6.45, 7) is 0. The molecule has 1 aliphatic rings. The van der Waals surface area contributed by atoms with Crippen LogP contribution in [0.1, 0.15) is 16.9 Å². The first kappa shape index (κ1) is 15.4. The number of hydrogen-bond acceptors (Lipinski definition) is 4. The monoisotopic (exact) mass is 330 g/mol. The summed E-state index contributed by atoms with van der Waals surface area (Å²) in [4.78, 5) is 40.2. The lowest BCUT2D eigenvalue weighted by Gasteiger charge is -2.33. The molecule has 0 atom stereocenters. The number of aromatic amines is 1. The number of amides is 4. The van der Waals surface area contributed by atoms with Gasteiger partial charge in [-0.2, -0.15) is 0 Å². The van der Waals surface area contributed by atoms with Crippen LogP contribution in [-0.4, -0.2) is 17.8 Å². The van der Waals surface area contributed by atoms with E-state index in [-0.39, 0.29) is 6.42 Å². The number of H-pyrrole nitrogens is 1. The molecule has 3 rings (SSSR count). The summed E-state index contributed by atoms with van der Waals surface area (Å²) < 4.78 is 0. The van der Waals surface area contributed by atoms with Gasteiger partial charge >= 0.3 is 6.03 Å².